The zero-order valence-electron chi connectivity index (χ0n) is 14.6. The average Bonchev–Trinajstić information content (AvgIpc) is 2.65. The number of piperidine rings is 1. The van der Waals surface area contributed by atoms with E-state index in [2.05, 4.69) is 10.6 Å². The molecule has 2 saturated heterocycles. The summed E-state index contributed by atoms with van der Waals surface area (Å²) in [5, 5.41) is 6.29. The third-order valence-electron chi connectivity index (χ3n) is 4.83. The largest absolute Gasteiger partial charge is 0.378 e. The first-order valence-corrected chi connectivity index (χ1v) is 9.16. The summed E-state index contributed by atoms with van der Waals surface area (Å²) in [5.74, 6) is 0.620. The molecule has 1 aromatic carbocycles. The molecule has 2 aliphatic heterocycles. The second-order valence-corrected chi connectivity index (χ2v) is 6.83. The minimum absolute atomic E-state index is 0.0610. The molecule has 0 spiro atoms. The number of carbonyl (C=O) groups is 2. The lowest BCUT2D eigenvalue weighted by Gasteiger charge is -2.26. The van der Waals surface area contributed by atoms with E-state index in [0.29, 0.717) is 45.1 Å². The minimum atomic E-state index is 0.0610. The van der Waals surface area contributed by atoms with Crippen molar-refractivity contribution in [2.24, 2.45) is 5.92 Å². The minimum Gasteiger partial charge on any atom is -0.378 e. The van der Waals surface area contributed by atoms with Crippen LogP contribution in [-0.4, -0.2) is 56.1 Å². The van der Waals surface area contributed by atoms with E-state index in [1.807, 2.05) is 29.2 Å². The number of hydrogen-bond donors (Lipinski definition) is 2. The Morgan fingerprint density at radius 3 is 2.64 bits per heavy atom. The highest BCUT2D eigenvalue weighted by atomic mass is 16.5. The lowest BCUT2D eigenvalue weighted by Crippen LogP contribution is -2.41. The second-order valence-electron chi connectivity index (χ2n) is 6.83. The molecule has 0 saturated carbocycles. The highest BCUT2D eigenvalue weighted by Gasteiger charge is 2.18. The summed E-state index contributed by atoms with van der Waals surface area (Å²) in [5.41, 5.74) is 1.75. The molecule has 1 atom stereocenters. The molecule has 6 heteroatoms. The van der Waals surface area contributed by atoms with Crippen LogP contribution in [0.4, 0.5) is 5.69 Å². The number of morpholine rings is 1. The van der Waals surface area contributed by atoms with Crippen LogP contribution in [0.25, 0.3) is 0 Å². The van der Waals surface area contributed by atoms with Gasteiger partial charge in [-0.3, -0.25) is 9.59 Å². The molecule has 2 fully saturated rings. The Morgan fingerprint density at radius 2 is 1.96 bits per heavy atom. The van der Waals surface area contributed by atoms with Crippen molar-refractivity contribution in [3.63, 3.8) is 0 Å². The predicted octanol–water partition coefficient (Wildman–Crippen LogP) is 1.42. The van der Waals surface area contributed by atoms with Crippen LogP contribution < -0.4 is 10.6 Å². The lowest BCUT2D eigenvalue weighted by atomic mass is 9.96. The Hall–Kier alpha value is -1.92. The Morgan fingerprint density at radius 1 is 1.20 bits per heavy atom. The molecular formula is C19H27N3O3. The van der Waals surface area contributed by atoms with Gasteiger partial charge in [-0.1, -0.05) is 12.1 Å². The molecule has 0 aliphatic carbocycles. The predicted molar refractivity (Wildman–Crippen MR) is 96.4 cm³/mol. The summed E-state index contributed by atoms with van der Waals surface area (Å²) in [7, 11) is 0. The number of nitrogens with one attached hydrogen (secondary N) is 2. The van der Waals surface area contributed by atoms with E-state index in [-0.39, 0.29) is 11.8 Å². The maximum absolute atomic E-state index is 12.2. The molecule has 2 amide bonds. The molecule has 0 aromatic heterocycles. The monoisotopic (exact) mass is 345 g/mol. The fourth-order valence-electron chi connectivity index (χ4n) is 3.38. The molecule has 3 rings (SSSR count). The van der Waals surface area contributed by atoms with Gasteiger partial charge in [0.1, 0.15) is 0 Å². The molecule has 2 aliphatic rings. The van der Waals surface area contributed by atoms with E-state index < -0.39 is 0 Å². The molecule has 25 heavy (non-hydrogen) atoms. The summed E-state index contributed by atoms with van der Waals surface area (Å²) in [6.45, 7) is 4.56. The molecule has 1 aromatic rings. The van der Waals surface area contributed by atoms with Crippen LogP contribution in [0.5, 0.6) is 0 Å². The van der Waals surface area contributed by atoms with Crippen molar-refractivity contribution in [3.05, 3.63) is 29.8 Å². The van der Waals surface area contributed by atoms with E-state index in [1.54, 1.807) is 0 Å². The number of hydrogen-bond acceptors (Lipinski definition) is 4. The Labute approximate surface area is 148 Å². The van der Waals surface area contributed by atoms with Gasteiger partial charge in [-0.05, 0) is 49.5 Å². The quantitative estimate of drug-likeness (QED) is 0.847. The summed E-state index contributed by atoms with van der Waals surface area (Å²) < 4.78 is 5.27. The molecule has 6 nitrogen and oxygen atoms in total. The Kier molecular flexibility index (Phi) is 6.42. The molecule has 136 valence electrons. The van der Waals surface area contributed by atoms with Gasteiger partial charge in [0.25, 0.3) is 0 Å². The third-order valence-corrected chi connectivity index (χ3v) is 4.83. The summed E-state index contributed by atoms with van der Waals surface area (Å²) in [6, 6.07) is 7.57. The molecule has 0 unspecified atom stereocenters. The van der Waals surface area contributed by atoms with Crippen molar-refractivity contribution < 1.29 is 14.3 Å². The van der Waals surface area contributed by atoms with Crippen LogP contribution >= 0.6 is 0 Å². The van der Waals surface area contributed by atoms with Gasteiger partial charge < -0.3 is 20.3 Å². The van der Waals surface area contributed by atoms with E-state index >= 15 is 0 Å². The van der Waals surface area contributed by atoms with Crippen molar-refractivity contribution in [1.82, 2.24) is 10.2 Å². The Bertz CT molecular complexity index is 576. The zero-order valence-corrected chi connectivity index (χ0v) is 14.6. The van der Waals surface area contributed by atoms with Gasteiger partial charge in [0, 0.05) is 25.2 Å². The molecule has 2 N–H and O–H groups in total. The summed E-state index contributed by atoms with van der Waals surface area (Å²) in [4.78, 5) is 26.2. The summed E-state index contributed by atoms with van der Waals surface area (Å²) >= 11 is 0. The van der Waals surface area contributed by atoms with Crippen LogP contribution in [0, 0.1) is 5.92 Å². The molecule has 2 heterocycles. The van der Waals surface area contributed by atoms with Gasteiger partial charge in [0.15, 0.2) is 0 Å². The fraction of sp³-hybridized carbons (Fsp3) is 0.579. The first-order valence-electron chi connectivity index (χ1n) is 9.16. The second kappa shape index (κ2) is 8.97. The van der Waals surface area contributed by atoms with Gasteiger partial charge in [-0.2, -0.15) is 0 Å². The van der Waals surface area contributed by atoms with Crippen LogP contribution in [0.1, 0.15) is 24.8 Å². The molecule has 0 bridgehead atoms. The first kappa shape index (κ1) is 17.9. The molecule has 0 radical (unpaired) electrons. The number of benzene rings is 1. The lowest BCUT2D eigenvalue weighted by molar-refractivity contribution is -0.134. The zero-order chi connectivity index (χ0) is 17.5. The number of nitrogens with zero attached hydrogens (tertiary/aromatic N) is 1. The van der Waals surface area contributed by atoms with Gasteiger partial charge >= 0.3 is 0 Å². The van der Waals surface area contributed by atoms with Crippen molar-refractivity contribution in [3.8, 4) is 0 Å². The van der Waals surface area contributed by atoms with Crippen molar-refractivity contribution in [1.29, 1.82) is 0 Å². The Balaban J connectivity index is 1.46. The fourth-order valence-corrected chi connectivity index (χ4v) is 3.38. The SMILES string of the molecule is O=C(C[C@H]1CCCNC1)Nc1ccc(CC(=O)N2CCOCC2)cc1. The van der Waals surface area contributed by atoms with Gasteiger partial charge in [-0.25, -0.2) is 0 Å². The van der Waals surface area contributed by atoms with Crippen LogP contribution in [0.3, 0.4) is 0 Å². The van der Waals surface area contributed by atoms with Crippen molar-refractivity contribution in [2.45, 2.75) is 25.7 Å². The highest BCUT2D eigenvalue weighted by molar-refractivity contribution is 5.91. The third kappa shape index (κ3) is 5.54. The summed E-state index contributed by atoms with van der Waals surface area (Å²) in [6.07, 6.45) is 3.21. The topological polar surface area (TPSA) is 70.7 Å². The standard InChI is InChI=1S/C19H27N3O3/c23-18(12-16-2-1-7-20-14-16)21-17-5-3-15(4-6-17)13-19(24)22-8-10-25-11-9-22/h3-6,16,20H,1-2,7-14H2,(H,21,23)/t16-/m1/s1. The number of carbonyl (C=O) groups excluding carboxylic acids is 2. The first-order chi connectivity index (χ1) is 12.2. The smallest absolute Gasteiger partial charge is 0.227 e. The highest BCUT2D eigenvalue weighted by Crippen LogP contribution is 2.16. The van der Waals surface area contributed by atoms with E-state index in [9.17, 15) is 9.59 Å². The molecular weight excluding hydrogens is 318 g/mol. The van der Waals surface area contributed by atoms with E-state index in [4.69, 9.17) is 4.74 Å². The number of anilines is 1. The number of rotatable bonds is 5. The van der Waals surface area contributed by atoms with Gasteiger partial charge in [0.2, 0.25) is 11.8 Å². The van der Waals surface area contributed by atoms with Crippen LogP contribution in [0.2, 0.25) is 0 Å². The van der Waals surface area contributed by atoms with Crippen molar-refractivity contribution >= 4 is 17.5 Å². The maximum atomic E-state index is 12.2. The normalized spacial score (nSPS) is 21.0. The van der Waals surface area contributed by atoms with Crippen molar-refractivity contribution in [2.75, 3.05) is 44.7 Å². The van der Waals surface area contributed by atoms with E-state index in [1.165, 1.54) is 0 Å². The van der Waals surface area contributed by atoms with Gasteiger partial charge in [-0.15, -0.1) is 0 Å². The maximum Gasteiger partial charge on any atom is 0.227 e. The van der Waals surface area contributed by atoms with Crippen LogP contribution in [-0.2, 0) is 20.7 Å². The average molecular weight is 345 g/mol. The number of amides is 2. The van der Waals surface area contributed by atoms with Gasteiger partial charge in [0.05, 0.1) is 19.6 Å². The van der Waals surface area contributed by atoms with E-state index in [0.717, 1.165) is 37.2 Å². The number of ether oxygens (including phenoxy) is 1. The van der Waals surface area contributed by atoms with Crippen LogP contribution in [0.15, 0.2) is 24.3 Å².